The molecule has 34 heavy (non-hydrogen) atoms. The minimum absolute atomic E-state index is 0.0599. The standard InChI is InChI=1S/C25H19ClN2O5S/c1-2-12-27-22(29)19(23(30)28(25(27)34)16-6-4-3-5-7-16)14-17-9-11-21(33-17)15-8-10-20(26)18(13-15)24(31)32/h3-11,13-14H,2,12H2,1H3,(H,31,32)/b19-14+. The molecule has 0 spiro atoms. The highest BCUT2D eigenvalue weighted by Crippen LogP contribution is 2.30. The number of benzene rings is 2. The number of amides is 2. The average molecular weight is 495 g/mol. The Balaban J connectivity index is 1.73. The predicted octanol–water partition coefficient (Wildman–Crippen LogP) is 5.25. The zero-order valence-corrected chi connectivity index (χ0v) is 19.6. The molecule has 1 aliphatic rings. The Morgan fingerprint density at radius 3 is 2.50 bits per heavy atom. The number of halogens is 1. The molecule has 0 bridgehead atoms. The van der Waals surface area contributed by atoms with Gasteiger partial charge in [-0.2, -0.15) is 0 Å². The molecule has 1 saturated heterocycles. The first-order valence-electron chi connectivity index (χ1n) is 10.4. The van der Waals surface area contributed by atoms with E-state index in [0.29, 0.717) is 30.0 Å². The number of carboxylic acid groups (broad SMARTS) is 1. The Morgan fingerprint density at radius 1 is 1.09 bits per heavy atom. The fourth-order valence-electron chi connectivity index (χ4n) is 3.57. The van der Waals surface area contributed by atoms with Gasteiger partial charge in [-0.25, -0.2) is 4.79 Å². The maximum Gasteiger partial charge on any atom is 0.337 e. The van der Waals surface area contributed by atoms with Crippen molar-refractivity contribution in [1.82, 2.24) is 4.90 Å². The first kappa shape index (κ1) is 23.4. The van der Waals surface area contributed by atoms with Crippen LogP contribution in [-0.2, 0) is 9.59 Å². The molecule has 7 nitrogen and oxygen atoms in total. The van der Waals surface area contributed by atoms with Crippen LogP contribution in [0.1, 0.15) is 29.5 Å². The van der Waals surface area contributed by atoms with Gasteiger partial charge in [0.1, 0.15) is 17.1 Å². The average Bonchev–Trinajstić information content (AvgIpc) is 3.29. The highest BCUT2D eigenvalue weighted by molar-refractivity contribution is 7.80. The number of para-hydroxylation sites is 1. The second kappa shape index (κ2) is 9.62. The van der Waals surface area contributed by atoms with E-state index < -0.39 is 17.8 Å². The van der Waals surface area contributed by atoms with Crippen molar-refractivity contribution in [2.45, 2.75) is 13.3 Å². The summed E-state index contributed by atoms with van der Waals surface area (Å²) in [6.45, 7) is 2.27. The quantitative estimate of drug-likeness (QED) is 0.286. The van der Waals surface area contributed by atoms with E-state index >= 15 is 0 Å². The maximum absolute atomic E-state index is 13.3. The van der Waals surface area contributed by atoms with Crippen LogP contribution in [0, 0.1) is 0 Å². The van der Waals surface area contributed by atoms with Gasteiger partial charge in [0, 0.05) is 12.1 Å². The minimum atomic E-state index is -1.16. The van der Waals surface area contributed by atoms with E-state index in [9.17, 15) is 19.5 Å². The lowest BCUT2D eigenvalue weighted by Crippen LogP contribution is -2.56. The first-order valence-corrected chi connectivity index (χ1v) is 11.2. The molecule has 1 aliphatic heterocycles. The third-order valence-electron chi connectivity index (χ3n) is 5.19. The van der Waals surface area contributed by atoms with Gasteiger partial charge >= 0.3 is 5.97 Å². The van der Waals surface area contributed by atoms with Gasteiger partial charge in [-0.3, -0.25) is 19.4 Å². The highest BCUT2D eigenvalue weighted by Gasteiger charge is 2.40. The van der Waals surface area contributed by atoms with Gasteiger partial charge in [0.05, 0.1) is 16.3 Å². The molecule has 0 saturated carbocycles. The van der Waals surface area contributed by atoms with E-state index in [2.05, 4.69) is 0 Å². The molecular formula is C25H19ClN2O5S. The molecule has 2 heterocycles. The highest BCUT2D eigenvalue weighted by atomic mass is 35.5. The number of carbonyl (C=O) groups is 3. The Labute approximate surface area is 205 Å². The fourth-order valence-corrected chi connectivity index (χ4v) is 4.13. The van der Waals surface area contributed by atoms with Crippen LogP contribution in [0.4, 0.5) is 5.69 Å². The molecule has 9 heteroatoms. The van der Waals surface area contributed by atoms with Crippen molar-refractivity contribution in [3.63, 3.8) is 0 Å². The van der Waals surface area contributed by atoms with Crippen molar-refractivity contribution in [3.05, 3.63) is 82.6 Å². The molecule has 0 atom stereocenters. The Hall–Kier alpha value is -3.75. The number of thiocarbonyl (C=S) groups is 1. The van der Waals surface area contributed by atoms with Crippen molar-refractivity contribution in [2.75, 3.05) is 11.4 Å². The van der Waals surface area contributed by atoms with Crippen molar-refractivity contribution in [2.24, 2.45) is 0 Å². The lowest BCUT2D eigenvalue weighted by molar-refractivity contribution is -0.127. The zero-order chi connectivity index (χ0) is 24.4. The summed E-state index contributed by atoms with van der Waals surface area (Å²) in [6.07, 6.45) is 2.03. The third-order valence-corrected chi connectivity index (χ3v) is 5.92. The van der Waals surface area contributed by atoms with Crippen LogP contribution < -0.4 is 4.90 Å². The van der Waals surface area contributed by atoms with Crippen molar-refractivity contribution < 1.29 is 23.9 Å². The number of furan rings is 1. The summed E-state index contributed by atoms with van der Waals surface area (Å²) in [5.74, 6) is -1.58. The van der Waals surface area contributed by atoms with Crippen LogP contribution in [-0.4, -0.2) is 39.4 Å². The van der Waals surface area contributed by atoms with Crippen LogP contribution in [0.25, 0.3) is 17.4 Å². The second-order valence-electron chi connectivity index (χ2n) is 7.48. The Bertz CT molecular complexity index is 1330. The summed E-state index contributed by atoms with van der Waals surface area (Å²) in [5, 5.41) is 9.54. The number of nitrogens with zero attached hydrogens (tertiary/aromatic N) is 2. The van der Waals surface area contributed by atoms with Crippen LogP contribution in [0.3, 0.4) is 0 Å². The summed E-state index contributed by atoms with van der Waals surface area (Å²) in [6, 6.07) is 16.6. The second-order valence-corrected chi connectivity index (χ2v) is 8.25. The van der Waals surface area contributed by atoms with Gasteiger partial charge in [0.15, 0.2) is 5.11 Å². The fraction of sp³-hybridized carbons (Fsp3) is 0.120. The predicted molar refractivity (Wildman–Crippen MR) is 133 cm³/mol. The number of hydrogen-bond donors (Lipinski definition) is 1. The lowest BCUT2D eigenvalue weighted by atomic mass is 10.1. The van der Waals surface area contributed by atoms with Gasteiger partial charge in [-0.15, -0.1) is 0 Å². The van der Waals surface area contributed by atoms with E-state index in [1.165, 1.54) is 28.0 Å². The maximum atomic E-state index is 13.3. The minimum Gasteiger partial charge on any atom is -0.478 e. The zero-order valence-electron chi connectivity index (χ0n) is 18.0. The monoisotopic (exact) mass is 494 g/mol. The van der Waals surface area contributed by atoms with Crippen LogP contribution in [0.2, 0.25) is 5.02 Å². The summed E-state index contributed by atoms with van der Waals surface area (Å²) in [5.41, 5.74) is 0.899. The number of carboxylic acids is 1. The van der Waals surface area contributed by atoms with Gasteiger partial charge in [0.2, 0.25) is 0 Å². The molecule has 4 rings (SSSR count). The third kappa shape index (κ3) is 4.37. The number of rotatable bonds is 6. The van der Waals surface area contributed by atoms with E-state index in [0.717, 1.165) is 0 Å². The molecule has 3 aromatic rings. The molecule has 1 fully saturated rings. The largest absolute Gasteiger partial charge is 0.478 e. The molecule has 0 radical (unpaired) electrons. The van der Waals surface area contributed by atoms with Crippen LogP contribution in [0.15, 0.2) is 70.7 Å². The molecule has 1 N–H and O–H groups in total. The molecule has 1 aromatic heterocycles. The topological polar surface area (TPSA) is 91.1 Å². The molecular weight excluding hydrogens is 476 g/mol. The molecule has 2 amide bonds. The Morgan fingerprint density at radius 2 is 1.82 bits per heavy atom. The van der Waals surface area contributed by atoms with E-state index in [-0.39, 0.29) is 27.0 Å². The van der Waals surface area contributed by atoms with Gasteiger partial charge < -0.3 is 9.52 Å². The SMILES string of the molecule is CCCN1C(=O)/C(=C\c2ccc(-c3ccc(Cl)c(C(=O)O)c3)o2)C(=O)N(c2ccccc2)C1=S. The summed E-state index contributed by atoms with van der Waals surface area (Å²) in [7, 11) is 0. The smallest absolute Gasteiger partial charge is 0.337 e. The first-order chi connectivity index (χ1) is 16.3. The normalized spacial score (nSPS) is 15.4. The molecule has 2 aromatic carbocycles. The summed E-state index contributed by atoms with van der Waals surface area (Å²) >= 11 is 11.4. The van der Waals surface area contributed by atoms with Gasteiger partial charge in [0.25, 0.3) is 11.8 Å². The van der Waals surface area contributed by atoms with Crippen molar-refractivity contribution in [3.8, 4) is 11.3 Å². The van der Waals surface area contributed by atoms with Crippen molar-refractivity contribution in [1.29, 1.82) is 0 Å². The lowest BCUT2D eigenvalue weighted by Gasteiger charge is -2.36. The van der Waals surface area contributed by atoms with Crippen molar-refractivity contribution >= 4 is 58.5 Å². The molecule has 172 valence electrons. The summed E-state index contributed by atoms with van der Waals surface area (Å²) < 4.78 is 5.82. The van der Waals surface area contributed by atoms with Gasteiger partial charge in [-0.05, 0) is 67.2 Å². The number of carbonyl (C=O) groups excluding carboxylic acids is 2. The molecule has 0 aliphatic carbocycles. The van der Waals surface area contributed by atoms with Crippen LogP contribution in [0.5, 0.6) is 0 Å². The van der Waals surface area contributed by atoms with E-state index in [4.69, 9.17) is 28.2 Å². The van der Waals surface area contributed by atoms with E-state index in [1.54, 1.807) is 42.5 Å². The van der Waals surface area contributed by atoms with E-state index in [1.807, 2.05) is 13.0 Å². The van der Waals surface area contributed by atoms with Gasteiger partial charge in [-0.1, -0.05) is 36.7 Å². The summed E-state index contributed by atoms with van der Waals surface area (Å²) in [4.78, 5) is 40.6. The molecule has 0 unspecified atom stereocenters. The number of anilines is 1. The van der Waals surface area contributed by atoms with Crippen LogP contribution >= 0.6 is 23.8 Å². The number of aromatic carboxylic acids is 1. The number of hydrogen-bond acceptors (Lipinski definition) is 5. The Kier molecular flexibility index (Phi) is 6.63.